The fourth-order valence-corrected chi connectivity index (χ4v) is 2.77. The first-order valence-electron chi connectivity index (χ1n) is 6.54. The molecular formula is C14H20INO2. The maximum atomic E-state index is 9.87. The van der Waals surface area contributed by atoms with Gasteiger partial charge in [-0.25, -0.2) is 0 Å². The van der Waals surface area contributed by atoms with Gasteiger partial charge in [0.25, 0.3) is 0 Å². The molecule has 1 aromatic rings. The van der Waals surface area contributed by atoms with Crippen molar-refractivity contribution in [2.45, 2.75) is 37.9 Å². The summed E-state index contributed by atoms with van der Waals surface area (Å²) >= 11 is 2.28. The van der Waals surface area contributed by atoms with Crippen molar-refractivity contribution in [2.75, 3.05) is 18.5 Å². The minimum absolute atomic E-state index is 0.372. The van der Waals surface area contributed by atoms with Gasteiger partial charge in [0.15, 0.2) is 0 Å². The van der Waals surface area contributed by atoms with Gasteiger partial charge in [-0.3, -0.25) is 0 Å². The fourth-order valence-electron chi connectivity index (χ4n) is 2.19. The predicted molar refractivity (Wildman–Crippen MR) is 81.9 cm³/mol. The van der Waals surface area contributed by atoms with Crippen LogP contribution in [0, 0.1) is 3.57 Å². The number of nitrogens with one attached hydrogen (secondary N) is 1. The van der Waals surface area contributed by atoms with Crippen molar-refractivity contribution in [3.05, 3.63) is 27.8 Å². The lowest BCUT2D eigenvalue weighted by molar-refractivity contribution is -0.00117. The van der Waals surface area contributed by atoms with Crippen LogP contribution in [0.15, 0.2) is 24.3 Å². The first-order valence-corrected chi connectivity index (χ1v) is 7.61. The third-order valence-corrected chi connectivity index (χ3v) is 4.17. The van der Waals surface area contributed by atoms with Crippen LogP contribution in [0.3, 0.4) is 0 Å². The van der Waals surface area contributed by atoms with Crippen LogP contribution in [0.5, 0.6) is 0 Å². The van der Waals surface area contributed by atoms with E-state index in [0.29, 0.717) is 19.3 Å². The highest BCUT2D eigenvalue weighted by Gasteiger charge is 2.16. The third-order valence-electron chi connectivity index (χ3n) is 3.23. The summed E-state index contributed by atoms with van der Waals surface area (Å²) in [6.45, 7) is 0.966. The number of aliphatic hydroxyl groups excluding tert-OH is 1. The molecule has 1 aromatic carbocycles. The summed E-state index contributed by atoms with van der Waals surface area (Å²) in [5, 5.41) is 13.1. The molecule has 1 saturated carbocycles. The van der Waals surface area contributed by atoms with Gasteiger partial charge in [-0.2, -0.15) is 0 Å². The summed E-state index contributed by atoms with van der Waals surface area (Å²) in [5.41, 5.74) is 1.07. The minimum Gasteiger partial charge on any atom is -0.389 e. The van der Waals surface area contributed by atoms with Gasteiger partial charge >= 0.3 is 0 Å². The Bertz CT molecular complexity index is 367. The summed E-state index contributed by atoms with van der Waals surface area (Å²) in [6.07, 6.45) is 4.76. The lowest BCUT2D eigenvalue weighted by Gasteiger charge is -2.17. The highest BCUT2D eigenvalue weighted by Crippen LogP contribution is 2.21. The Morgan fingerprint density at radius 3 is 2.78 bits per heavy atom. The average Bonchev–Trinajstić information content (AvgIpc) is 2.88. The summed E-state index contributed by atoms with van der Waals surface area (Å²) < 4.78 is 6.86. The van der Waals surface area contributed by atoms with E-state index in [2.05, 4.69) is 27.9 Å². The number of aliphatic hydroxyl groups is 1. The highest BCUT2D eigenvalue weighted by molar-refractivity contribution is 14.1. The van der Waals surface area contributed by atoms with Gasteiger partial charge in [0, 0.05) is 15.8 Å². The standard InChI is InChI=1S/C14H20INO2/c15-13-7-3-4-8-14(13)16-9-11(17)10-18-12-5-1-2-6-12/h3-4,7-8,11-12,16-17H,1-2,5-6,9-10H2. The normalized spacial score (nSPS) is 17.9. The molecule has 1 fully saturated rings. The molecule has 1 atom stereocenters. The molecule has 2 rings (SSSR count). The maximum Gasteiger partial charge on any atom is 0.0945 e. The van der Waals surface area contributed by atoms with E-state index in [4.69, 9.17) is 4.74 Å². The molecular weight excluding hydrogens is 341 g/mol. The Kier molecular flexibility index (Phi) is 5.72. The zero-order chi connectivity index (χ0) is 12.8. The van der Waals surface area contributed by atoms with Crippen LogP contribution in [0.25, 0.3) is 0 Å². The van der Waals surface area contributed by atoms with Crippen molar-refractivity contribution < 1.29 is 9.84 Å². The summed E-state index contributed by atoms with van der Waals surface area (Å²) in [5.74, 6) is 0. The number of hydrogen-bond acceptors (Lipinski definition) is 3. The number of hydrogen-bond donors (Lipinski definition) is 2. The van der Waals surface area contributed by atoms with Gasteiger partial charge in [-0.05, 0) is 47.6 Å². The van der Waals surface area contributed by atoms with Crippen molar-refractivity contribution in [3.8, 4) is 0 Å². The van der Waals surface area contributed by atoms with Crippen LogP contribution in [0.4, 0.5) is 5.69 Å². The van der Waals surface area contributed by atoms with Gasteiger partial charge in [0.05, 0.1) is 18.8 Å². The van der Waals surface area contributed by atoms with Gasteiger partial charge < -0.3 is 15.2 Å². The molecule has 1 unspecified atom stereocenters. The van der Waals surface area contributed by atoms with E-state index in [0.717, 1.165) is 18.5 Å². The first-order chi connectivity index (χ1) is 8.75. The van der Waals surface area contributed by atoms with E-state index in [9.17, 15) is 5.11 Å². The van der Waals surface area contributed by atoms with Gasteiger partial charge in [0.1, 0.15) is 0 Å². The zero-order valence-corrected chi connectivity index (χ0v) is 12.6. The molecule has 100 valence electrons. The Balaban J connectivity index is 1.68. The Morgan fingerprint density at radius 2 is 2.06 bits per heavy atom. The molecule has 0 saturated heterocycles. The quantitative estimate of drug-likeness (QED) is 0.766. The monoisotopic (exact) mass is 361 g/mol. The zero-order valence-electron chi connectivity index (χ0n) is 10.4. The van der Waals surface area contributed by atoms with Crippen LogP contribution in [0.1, 0.15) is 25.7 Å². The lowest BCUT2D eigenvalue weighted by atomic mass is 10.3. The first kappa shape index (κ1) is 14.1. The van der Waals surface area contributed by atoms with Crippen molar-refractivity contribution >= 4 is 28.3 Å². The smallest absolute Gasteiger partial charge is 0.0945 e. The molecule has 0 aromatic heterocycles. The molecule has 18 heavy (non-hydrogen) atoms. The number of rotatable bonds is 6. The van der Waals surface area contributed by atoms with Crippen molar-refractivity contribution in [1.29, 1.82) is 0 Å². The molecule has 0 aliphatic heterocycles. The Morgan fingerprint density at radius 1 is 1.33 bits per heavy atom. The van der Waals surface area contributed by atoms with Crippen LogP contribution in [0.2, 0.25) is 0 Å². The average molecular weight is 361 g/mol. The molecule has 0 heterocycles. The third kappa shape index (κ3) is 4.40. The molecule has 1 aliphatic rings. The van der Waals surface area contributed by atoms with Crippen LogP contribution in [-0.2, 0) is 4.74 Å². The molecule has 1 aliphatic carbocycles. The predicted octanol–water partition coefficient (Wildman–Crippen LogP) is 3.02. The Labute approximate surface area is 122 Å². The summed E-state index contributed by atoms with van der Waals surface area (Å²) in [4.78, 5) is 0. The van der Waals surface area contributed by atoms with E-state index in [1.54, 1.807) is 0 Å². The number of ether oxygens (including phenoxy) is 1. The molecule has 0 bridgehead atoms. The van der Waals surface area contributed by atoms with E-state index in [1.165, 1.54) is 16.4 Å². The second kappa shape index (κ2) is 7.31. The number of benzene rings is 1. The van der Waals surface area contributed by atoms with Crippen LogP contribution in [-0.4, -0.2) is 30.5 Å². The number of anilines is 1. The second-order valence-electron chi connectivity index (χ2n) is 4.75. The fraction of sp³-hybridized carbons (Fsp3) is 0.571. The van der Waals surface area contributed by atoms with Crippen LogP contribution >= 0.6 is 22.6 Å². The van der Waals surface area contributed by atoms with E-state index < -0.39 is 6.10 Å². The van der Waals surface area contributed by atoms with E-state index in [1.807, 2.05) is 24.3 Å². The number of para-hydroxylation sites is 1. The van der Waals surface area contributed by atoms with E-state index in [-0.39, 0.29) is 0 Å². The molecule has 0 spiro atoms. The van der Waals surface area contributed by atoms with Crippen LogP contribution < -0.4 is 5.32 Å². The van der Waals surface area contributed by atoms with Crippen molar-refractivity contribution in [3.63, 3.8) is 0 Å². The van der Waals surface area contributed by atoms with Crippen molar-refractivity contribution in [1.82, 2.24) is 0 Å². The molecule has 0 radical (unpaired) electrons. The molecule has 0 amide bonds. The lowest BCUT2D eigenvalue weighted by Crippen LogP contribution is -2.27. The van der Waals surface area contributed by atoms with Gasteiger partial charge in [0.2, 0.25) is 0 Å². The summed E-state index contributed by atoms with van der Waals surface area (Å²) in [7, 11) is 0. The highest BCUT2D eigenvalue weighted by atomic mass is 127. The van der Waals surface area contributed by atoms with Crippen molar-refractivity contribution in [2.24, 2.45) is 0 Å². The maximum absolute atomic E-state index is 9.87. The molecule has 2 N–H and O–H groups in total. The molecule has 4 heteroatoms. The second-order valence-corrected chi connectivity index (χ2v) is 5.92. The SMILES string of the molecule is OC(CNc1ccccc1I)COC1CCCC1. The van der Waals surface area contributed by atoms with Gasteiger partial charge in [-0.15, -0.1) is 0 Å². The molecule has 3 nitrogen and oxygen atoms in total. The minimum atomic E-state index is -0.443. The van der Waals surface area contributed by atoms with Gasteiger partial charge in [-0.1, -0.05) is 25.0 Å². The largest absolute Gasteiger partial charge is 0.389 e. The summed E-state index contributed by atoms with van der Waals surface area (Å²) in [6, 6.07) is 8.06. The number of halogens is 1. The topological polar surface area (TPSA) is 41.5 Å². The Hall–Kier alpha value is -0.330. The van der Waals surface area contributed by atoms with E-state index >= 15 is 0 Å².